The van der Waals surface area contributed by atoms with Crippen molar-refractivity contribution in [3.05, 3.63) is 53.9 Å². The standard InChI is InChI=1S/C13H12F3N3/c14-13(15,16)9-1-4-11(5-2-9)19-8-12-6-3-10(17)7-18-12/h1-7,19H,8,17H2. The highest BCUT2D eigenvalue weighted by Crippen LogP contribution is 2.29. The number of nitrogens with zero attached hydrogens (tertiary/aromatic N) is 1. The monoisotopic (exact) mass is 267 g/mol. The topological polar surface area (TPSA) is 50.9 Å². The molecule has 2 aromatic rings. The molecule has 3 N–H and O–H groups in total. The zero-order valence-corrected chi connectivity index (χ0v) is 9.91. The smallest absolute Gasteiger partial charge is 0.397 e. The van der Waals surface area contributed by atoms with Crippen LogP contribution >= 0.6 is 0 Å². The van der Waals surface area contributed by atoms with E-state index in [0.29, 0.717) is 17.9 Å². The minimum Gasteiger partial charge on any atom is -0.397 e. The molecule has 0 unspecified atom stereocenters. The van der Waals surface area contributed by atoms with Crippen molar-refractivity contribution in [1.29, 1.82) is 0 Å². The van der Waals surface area contributed by atoms with Crippen molar-refractivity contribution < 1.29 is 13.2 Å². The van der Waals surface area contributed by atoms with Gasteiger partial charge in [-0.2, -0.15) is 13.2 Å². The van der Waals surface area contributed by atoms with Crippen LogP contribution in [0.5, 0.6) is 0 Å². The quantitative estimate of drug-likeness (QED) is 0.897. The molecule has 0 saturated carbocycles. The van der Waals surface area contributed by atoms with Crippen molar-refractivity contribution in [3.63, 3.8) is 0 Å². The Morgan fingerprint density at radius 2 is 1.74 bits per heavy atom. The fourth-order valence-electron chi connectivity index (χ4n) is 1.51. The average molecular weight is 267 g/mol. The number of nitrogens with two attached hydrogens (primary N) is 1. The van der Waals surface area contributed by atoms with E-state index in [-0.39, 0.29) is 0 Å². The van der Waals surface area contributed by atoms with E-state index in [9.17, 15) is 13.2 Å². The molecule has 0 spiro atoms. The lowest BCUT2D eigenvalue weighted by Crippen LogP contribution is -2.05. The van der Waals surface area contributed by atoms with Crippen molar-refractivity contribution in [2.24, 2.45) is 0 Å². The lowest BCUT2D eigenvalue weighted by molar-refractivity contribution is -0.137. The largest absolute Gasteiger partial charge is 0.416 e. The molecular formula is C13H12F3N3. The summed E-state index contributed by atoms with van der Waals surface area (Å²) in [6, 6.07) is 8.33. The predicted molar refractivity (Wildman–Crippen MR) is 67.4 cm³/mol. The van der Waals surface area contributed by atoms with E-state index in [1.54, 1.807) is 12.1 Å². The number of nitrogens with one attached hydrogen (secondary N) is 1. The Morgan fingerprint density at radius 1 is 1.05 bits per heavy atom. The fraction of sp³-hybridized carbons (Fsp3) is 0.154. The number of alkyl halides is 3. The van der Waals surface area contributed by atoms with Crippen LogP contribution in [0.1, 0.15) is 11.3 Å². The number of pyridine rings is 1. The molecule has 0 radical (unpaired) electrons. The number of benzene rings is 1. The Balaban J connectivity index is 1.98. The van der Waals surface area contributed by atoms with E-state index >= 15 is 0 Å². The molecule has 1 aromatic carbocycles. The van der Waals surface area contributed by atoms with Gasteiger partial charge in [-0.25, -0.2) is 0 Å². The molecule has 2 rings (SSSR count). The Labute approximate surface area is 108 Å². The van der Waals surface area contributed by atoms with Crippen LogP contribution in [0.15, 0.2) is 42.6 Å². The zero-order valence-electron chi connectivity index (χ0n) is 9.91. The van der Waals surface area contributed by atoms with E-state index in [2.05, 4.69) is 10.3 Å². The van der Waals surface area contributed by atoms with Gasteiger partial charge in [-0.15, -0.1) is 0 Å². The number of rotatable bonds is 3. The Hall–Kier alpha value is -2.24. The SMILES string of the molecule is Nc1ccc(CNc2ccc(C(F)(F)F)cc2)nc1. The van der Waals surface area contributed by atoms with Gasteiger partial charge in [0.2, 0.25) is 0 Å². The van der Waals surface area contributed by atoms with E-state index in [1.165, 1.54) is 18.3 Å². The third-order valence-electron chi connectivity index (χ3n) is 2.53. The average Bonchev–Trinajstić information content (AvgIpc) is 2.37. The van der Waals surface area contributed by atoms with E-state index in [4.69, 9.17) is 5.73 Å². The van der Waals surface area contributed by atoms with Gasteiger partial charge in [0.1, 0.15) is 0 Å². The second-order valence-corrected chi connectivity index (χ2v) is 4.01. The highest BCUT2D eigenvalue weighted by Gasteiger charge is 2.29. The summed E-state index contributed by atoms with van der Waals surface area (Å²) in [5.74, 6) is 0. The molecule has 0 aliphatic carbocycles. The Kier molecular flexibility index (Phi) is 3.59. The van der Waals surface area contributed by atoms with Gasteiger partial charge in [0.25, 0.3) is 0 Å². The highest BCUT2D eigenvalue weighted by molar-refractivity contribution is 5.45. The lowest BCUT2D eigenvalue weighted by atomic mass is 10.2. The maximum atomic E-state index is 12.4. The first-order valence-corrected chi connectivity index (χ1v) is 5.57. The van der Waals surface area contributed by atoms with Crippen molar-refractivity contribution in [2.45, 2.75) is 12.7 Å². The number of hydrogen-bond acceptors (Lipinski definition) is 3. The minimum absolute atomic E-state index is 0.422. The summed E-state index contributed by atoms with van der Waals surface area (Å²) in [4.78, 5) is 4.08. The summed E-state index contributed by atoms with van der Waals surface area (Å²) in [5.41, 5.74) is 6.77. The van der Waals surface area contributed by atoms with Gasteiger partial charge in [-0.05, 0) is 36.4 Å². The maximum absolute atomic E-state index is 12.4. The van der Waals surface area contributed by atoms with Crippen molar-refractivity contribution in [2.75, 3.05) is 11.1 Å². The van der Waals surface area contributed by atoms with Crippen LogP contribution in [-0.2, 0) is 12.7 Å². The van der Waals surface area contributed by atoms with Crippen LogP contribution in [0.2, 0.25) is 0 Å². The number of nitrogen functional groups attached to an aromatic ring is 1. The van der Waals surface area contributed by atoms with Crippen LogP contribution in [0, 0.1) is 0 Å². The first-order valence-electron chi connectivity index (χ1n) is 5.57. The second kappa shape index (κ2) is 5.17. The van der Waals surface area contributed by atoms with Crippen LogP contribution in [-0.4, -0.2) is 4.98 Å². The summed E-state index contributed by atoms with van der Waals surface area (Å²) < 4.78 is 37.1. The molecule has 0 amide bonds. The molecule has 19 heavy (non-hydrogen) atoms. The molecule has 0 bridgehead atoms. The predicted octanol–water partition coefficient (Wildman–Crippen LogP) is 3.29. The summed E-state index contributed by atoms with van der Waals surface area (Å²) >= 11 is 0. The summed E-state index contributed by atoms with van der Waals surface area (Å²) in [6.45, 7) is 0.422. The highest BCUT2D eigenvalue weighted by atomic mass is 19.4. The Bertz CT molecular complexity index is 533. The van der Waals surface area contributed by atoms with Crippen LogP contribution in [0.4, 0.5) is 24.5 Å². The molecule has 3 nitrogen and oxygen atoms in total. The first-order chi connectivity index (χ1) is 8.95. The van der Waals surface area contributed by atoms with Gasteiger partial charge < -0.3 is 11.1 Å². The molecule has 0 atom stereocenters. The molecular weight excluding hydrogens is 255 g/mol. The van der Waals surface area contributed by atoms with Gasteiger partial charge in [-0.3, -0.25) is 4.98 Å². The van der Waals surface area contributed by atoms with Gasteiger partial charge in [0.15, 0.2) is 0 Å². The second-order valence-electron chi connectivity index (χ2n) is 4.01. The zero-order chi connectivity index (χ0) is 13.9. The van der Waals surface area contributed by atoms with Crippen molar-refractivity contribution in [1.82, 2.24) is 4.98 Å². The van der Waals surface area contributed by atoms with E-state index in [0.717, 1.165) is 17.8 Å². The summed E-state index contributed by atoms with van der Waals surface area (Å²) in [5, 5.41) is 2.99. The van der Waals surface area contributed by atoms with Gasteiger partial charge in [0.05, 0.1) is 29.7 Å². The van der Waals surface area contributed by atoms with Crippen molar-refractivity contribution >= 4 is 11.4 Å². The minimum atomic E-state index is -4.31. The van der Waals surface area contributed by atoms with E-state index in [1.807, 2.05) is 0 Å². The fourth-order valence-corrected chi connectivity index (χ4v) is 1.51. The van der Waals surface area contributed by atoms with Crippen LogP contribution in [0.25, 0.3) is 0 Å². The van der Waals surface area contributed by atoms with Crippen molar-refractivity contribution in [3.8, 4) is 0 Å². The molecule has 0 saturated heterocycles. The molecule has 1 heterocycles. The number of anilines is 2. The van der Waals surface area contributed by atoms with E-state index < -0.39 is 11.7 Å². The number of hydrogen-bond donors (Lipinski definition) is 2. The van der Waals surface area contributed by atoms with Gasteiger partial charge in [-0.1, -0.05) is 0 Å². The molecule has 0 aliphatic heterocycles. The first kappa shape index (κ1) is 13.2. The van der Waals surface area contributed by atoms with Crippen LogP contribution < -0.4 is 11.1 Å². The molecule has 0 aliphatic rings. The summed E-state index contributed by atoms with van der Waals surface area (Å²) in [7, 11) is 0. The van der Waals surface area contributed by atoms with Crippen LogP contribution in [0.3, 0.4) is 0 Å². The third kappa shape index (κ3) is 3.61. The van der Waals surface area contributed by atoms with Gasteiger partial charge in [0, 0.05) is 5.69 Å². The maximum Gasteiger partial charge on any atom is 0.416 e. The lowest BCUT2D eigenvalue weighted by Gasteiger charge is -2.09. The van der Waals surface area contributed by atoms with Gasteiger partial charge >= 0.3 is 6.18 Å². The number of halogens is 3. The molecule has 6 heteroatoms. The molecule has 1 aromatic heterocycles. The Morgan fingerprint density at radius 3 is 2.26 bits per heavy atom. The molecule has 0 fully saturated rings. The summed E-state index contributed by atoms with van der Waals surface area (Å²) in [6.07, 6.45) is -2.78. The number of aromatic nitrogens is 1. The third-order valence-corrected chi connectivity index (χ3v) is 2.53. The normalized spacial score (nSPS) is 11.3. The molecule has 100 valence electrons.